The van der Waals surface area contributed by atoms with Crippen molar-refractivity contribution < 1.29 is 48.4 Å². The fourth-order valence-electron chi connectivity index (χ4n) is 5.63. The summed E-state index contributed by atoms with van der Waals surface area (Å²) in [7, 11) is 0. The summed E-state index contributed by atoms with van der Waals surface area (Å²) in [5, 5.41) is 40.7. The molecule has 0 saturated carbocycles. The van der Waals surface area contributed by atoms with Crippen LogP contribution in [0.2, 0.25) is 5.02 Å². The summed E-state index contributed by atoms with van der Waals surface area (Å²) in [6.07, 6.45) is 2.46. The van der Waals surface area contributed by atoms with Crippen LogP contribution in [0.1, 0.15) is 51.9 Å². The number of rotatable bonds is 18. The summed E-state index contributed by atoms with van der Waals surface area (Å²) in [6.45, 7) is 7.35. The Bertz CT molecular complexity index is 1940. The van der Waals surface area contributed by atoms with Crippen LogP contribution in [-0.2, 0) is 33.9 Å². The number of aliphatic carboxylic acids is 3. The zero-order valence-electron chi connectivity index (χ0n) is 30.4. The first-order valence-electron chi connectivity index (χ1n) is 17.2. The number of aromatic nitrogens is 2. The van der Waals surface area contributed by atoms with Crippen molar-refractivity contribution in [3.8, 4) is 11.3 Å². The lowest BCUT2D eigenvalue weighted by molar-refractivity contribution is -0.144. The van der Waals surface area contributed by atoms with E-state index in [4.69, 9.17) is 16.0 Å². The molecule has 0 fully saturated rings. The molecular weight excluding hydrogens is 727 g/mol. The van der Waals surface area contributed by atoms with Gasteiger partial charge in [-0.1, -0.05) is 63.6 Å². The Kier molecular flexibility index (Phi) is 16.0. The third-order valence-electron chi connectivity index (χ3n) is 8.22. The number of carbonyl (C=O) groups is 4. The minimum Gasteiger partial charge on any atom is -0.480 e. The van der Waals surface area contributed by atoms with Crippen LogP contribution in [0.15, 0.2) is 82.3 Å². The van der Waals surface area contributed by atoms with Gasteiger partial charge in [-0.05, 0) is 66.6 Å². The lowest BCUT2D eigenvalue weighted by atomic mass is 10.0. The van der Waals surface area contributed by atoms with Gasteiger partial charge in [0.25, 0.3) is 0 Å². The first-order chi connectivity index (χ1) is 25.4. The lowest BCUT2D eigenvalue weighted by Gasteiger charge is -2.27. The van der Waals surface area contributed by atoms with Gasteiger partial charge in [-0.3, -0.25) is 28.9 Å². The zero-order chi connectivity index (χ0) is 40.1. The van der Waals surface area contributed by atoms with Gasteiger partial charge in [-0.2, -0.15) is 0 Å². The van der Waals surface area contributed by atoms with Gasteiger partial charge in [-0.25, -0.2) is 18.8 Å². The summed E-state index contributed by atoms with van der Waals surface area (Å²) in [5.41, 5.74) is 0.950. The minimum absolute atomic E-state index is 0.0432. The Morgan fingerprint density at radius 3 is 2.06 bits per heavy atom. The molecule has 0 aliphatic rings. The number of furan rings is 1. The SMILES string of the molecule is CC(C)CC(C(=O)O)N(CCc1ccc(-c2cccc(Cl)c2)o1)C(=O)O.CC(C)CC(NC(Cn1ccn(Cc2cccc(F)c2)c1=O)C(=O)O)C(=O)O. The Morgan fingerprint density at radius 2 is 1.48 bits per heavy atom. The molecule has 0 aliphatic carbocycles. The van der Waals surface area contributed by atoms with Gasteiger partial charge in [0.15, 0.2) is 0 Å². The first-order valence-corrected chi connectivity index (χ1v) is 17.6. The minimum atomic E-state index is -1.25. The van der Waals surface area contributed by atoms with E-state index < -0.39 is 53.6 Å². The molecule has 16 heteroatoms. The molecule has 5 N–H and O–H groups in total. The number of nitrogens with one attached hydrogen (secondary N) is 1. The number of carboxylic acids is 3. The van der Waals surface area contributed by atoms with E-state index >= 15 is 0 Å². The van der Waals surface area contributed by atoms with Gasteiger partial charge in [0.05, 0.1) is 13.1 Å². The molecule has 2 heterocycles. The number of nitrogens with zero attached hydrogens (tertiary/aromatic N) is 3. The summed E-state index contributed by atoms with van der Waals surface area (Å²) in [6, 6.07) is 13.2. The van der Waals surface area contributed by atoms with Crippen molar-refractivity contribution in [2.24, 2.45) is 11.8 Å². The fraction of sp³-hybridized carbons (Fsp3) is 0.395. The highest BCUT2D eigenvalue weighted by molar-refractivity contribution is 6.30. The predicted octanol–water partition coefficient (Wildman–Crippen LogP) is 6.00. The summed E-state index contributed by atoms with van der Waals surface area (Å²) in [4.78, 5) is 59.4. The summed E-state index contributed by atoms with van der Waals surface area (Å²) >= 11 is 5.98. The van der Waals surface area contributed by atoms with Gasteiger partial charge in [0.2, 0.25) is 0 Å². The first kappa shape index (κ1) is 43.0. The second-order valence-electron chi connectivity index (χ2n) is 13.6. The van der Waals surface area contributed by atoms with Gasteiger partial charge in [0.1, 0.15) is 35.5 Å². The smallest absolute Gasteiger partial charge is 0.408 e. The van der Waals surface area contributed by atoms with E-state index in [9.17, 15) is 48.8 Å². The normalized spacial score (nSPS) is 12.8. The van der Waals surface area contributed by atoms with E-state index in [0.717, 1.165) is 10.5 Å². The lowest BCUT2D eigenvalue weighted by Crippen LogP contribution is -2.50. The second-order valence-corrected chi connectivity index (χ2v) is 14.0. The Balaban J connectivity index is 0.000000291. The topological polar surface area (TPSA) is 205 Å². The van der Waals surface area contributed by atoms with Crippen LogP contribution in [0.4, 0.5) is 9.18 Å². The molecule has 1 amide bonds. The maximum absolute atomic E-state index is 13.3. The number of halogens is 2. The van der Waals surface area contributed by atoms with Crippen LogP contribution in [0.5, 0.6) is 0 Å². The van der Waals surface area contributed by atoms with E-state index in [1.807, 2.05) is 39.8 Å². The number of imidazole rings is 1. The van der Waals surface area contributed by atoms with Gasteiger partial charge >= 0.3 is 29.7 Å². The van der Waals surface area contributed by atoms with Crippen LogP contribution in [0.25, 0.3) is 11.3 Å². The van der Waals surface area contributed by atoms with Crippen molar-refractivity contribution in [2.45, 2.75) is 78.2 Å². The molecule has 4 aromatic rings. The number of carboxylic acid groups (broad SMARTS) is 4. The molecule has 2 aromatic carbocycles. The highest BCUT2D eigenvalue weighted by Crippen LogP contribution is 2.25. The average Bonchev–Trinajstić information content (AvgIpc) is 3.69. The standard InChI is InChI=1S/C19H22ClNO5.C19H24FN3O5/c1-12(2)10-16(18(22)23)21(19(24)25)9-8-15-6-7-17(26-15)13-4-3-5-14(20)11-13;1-12(2)8-15(17(24)25)21-16(18(26)27)11-23-7-6-22(19(23)28)10-13-4-3-5-14(20)9-13/h3-7,11-12,16H,8-10H2,1-2H3,(H,22,23)(H,24,25);3-7,9,12,15-16,21H,8,10-11H2,1-2H3,(H,24,25)(H,26,27). The number of hydrogen-bond acceptors (Lipinski definition) is 7. The largest absolute Gasteiger partial charge is 0.480 e. The maximum Gasteiger partial charge on any atom is 0.408 e. The molecule has 0 saturated heterocycles. The van der Waals surface area contributed by atoms with E-state index in [1.165, 1.54) is 39.7 Å². The van der Waals surface area contributed by atoms with Crippen LogP contribution >= 0.6 is 11.6 Å². The predicted molar refractivity (Wildman–Crippen MR) is 198 cm³/mol. The van der Waals surface area contributed by atoms with E-state index in [-0.39, 0.29) is 50.7 Å². The van der Waals surface area contributed by atoms with E-state index in [0.29, 0.717) is 22.1 Å². The third kappa shape index (κ3) is 13.2. The van der Waals surface area contributed by atoms with Crippen molar-refractivity contribution in [3.05, 3.63) is 106 Å². The molecule has 0 aliphatic heterocycles. The van der Waals surface area contributed by atoms with Gasteiger partial charge in [0, 0.05) is 35.9 Å². The molecule has 292 valence electrons. The zero-order valence-corrected chi connectivity index (χ0v) is 31.1. The molecule has 4 rings (SSSR count). The maximum atomic E-state index is 13.3. The molecular formula is C38H46ClFN4O10. The fourth-order valence-corrected chi connectivity index (χ4v) is 5.82. The van der Waals surface area contributed by atoms with Gasteiger partial charge < -0.3 is 24.8 Å². The van der Waals surface area contributed by atoms with Crippen LogP contribution in [0.3, 0.4) is 0 Å². The quantitative estimate of drug-likeness (QED) is 0.0793. The molecule has 54 heavy (non-hydrogen) atoms. The highest BCUT2D eigenvalue weighted by Gasteiger charge is 2.30. The molecule has 0 radical (unpaired) electrons. The van der Waals surface area contributed by atoms with Crippen LogP contribution < -0.4 is 11.0 Å². The Hall–Kier alpha value is -5.41. The van der Waals surface area contributed by atoms with Crippen LogP contribution in [0, 0.1) is 17.7 Å². The molecule has 3 atom stereocenters. The average molecular weight is 773 g/mol. The van der Waals surface area contributed by atoms with E-state index in [2.05, 4.69) is 5.32 Å². The Labute approximate surface area is 316 Å². The Morgan fingerprint density at radius 1 is 0.833 bits per heavy atom. The van der Waals surface area contributed by atoms with Crippen molar-refractivity contribution >= 4 is 35.6 Å². The van der Waals surface area contributed by atoms with Crippen LogP contribution in [-0.4, -0.2) is 83.1 Å². The summed E-state index contributed by atoms with van der Waals surface area (Å²) < 4.78 is 21.6. The monoisotopic (exact) mass is 772 g/mol. The molecule has 3 unspecified atom stereocenters. The number of hydrogen-bond donors (Lipinski definition) is 5. The number of benzene rings is 2. The molecule has 14 nitrogen and oxygen atoms in total. The molecule has 0 bridgehead atoms. The van der Waals surface area contributed by atoms with Gasteiger partial charge in [-0.15, -0.1) is 0 Å². The van der Waals surface area contributed by atoms with Crippen molar-refractivity contribution in [2.75, 3.05) is 6.54 Å². The highest BCUT2D eigenvalue weighted by atomic mass is 35.5. The van der Waals surface area contributed by atoms with Crippen molar-refractivity contribution in [1.29, 1.82) is 0 Å². The van der Waals surface area contributed by atoms with E-state index in [1.54, 1.807) is 30.3 Å². The molecule has 0 spiro atoms. The number of amides is 1. The van der Waals surface area contributed by atoms with Crippen molar-refractivity contribution in [1.82, 2.24) is 19.4 Å². The second kappa shape index (κ2) is 20.2. The van der Waals surface area contributed by atoms with Crippen molar-refractivity contribution in [3.63, 3.8) is 0 Å². The summed E-state index contributed by atoms with van der Waals surface area (Å²) in [5.74, 6) is -2.61. The third-order valence-corrected chi connectivity index (χ3v) is 8.45. The molecule has 2 aromatic heterocycles.